The zero-order valence-corrected chi connectivity index (χ0v) is 15.2. The van der Waals surface area contributed by atoms with Crippen LogP contribution in [0.5, 0.6) is 0 Å². The lowest BCUT2D eigenvalue weighted by atomic mass is 9.95. The lowest BCUT2D eigenvalue weighted by molar-refractivity contribution is -0.117. The van der Waals surface area contributed by atoms with E-state index in [1.807, 2.05) is 31.2 Å². The van der Waals surface area contributed by atoms with Gasteiger partial charge in [0.05, 0.1) is 16.5 Å². The van der Waals surface area contributed by atoms with Crippen molar-refractivity contribution in [2.24, 2.45) is 0 Å². The maximum absolute atomic E-state index is 13.1. The average molecular weight is 377 g/mol. The molecule has 3 aromatic rings. The number of aliphatic hydroxyl groups is 1. The Labute approximate surface area is 159 Å². The van der Waals surface area contributed by atoms with E-state index < -0.39 is 17.7 Å². The molecular weight excluding hydrogens is 362 g/mol. The van der Waals surface area contributed by atoms with Gasteiger partial charge in [0.1, 0.15) is 0 Å². The van der Waals surface area contributed by atoms with Crippen molar-refractivity contribution in [1.29, 1.82) is 0 Å². The number of carbonyl (C=O) groups excluding carboxylic acids is 2. The molecular formula is C20H15N3O3S. The Morgan fingerprint density at radius 3 is 2.44 bits per heavy atom. The summed E-state index contributed by atoms with van der Waals surface area (Å²) in [6.07, 6.45) is 3.02. The Bertz CT molecular complexity index is 1030. The zero-order valence-electron chi connectivity index (χ0n) is 14.4. The number of rotatable bonds is 4. The highest BCUT2D eigenvalue weighted by Gasteiger charge is 2.45. The highest BCUT2D eigenvalue weighted by Crippen LogP contribution is 2.41. The molecule has 0 fully saturated rings. The smallest absolute Gasteiger partial charge is 0.296 e. The minimum Gasteiger partial charge on any atom is -0.503 e. The SMILES string of the molecule is Cc1ccc([C@@H]2C(C(=O)c3cccs3)=C(O)C(=O)N2c2ncccn2)cc1. The van der Waals surface area contributed by atoms with Crippen LogP contribution in [-0.4, -0.2) is 26.8 Å². The number of benzene rings is 1. The van der Waals surface area contributed by atoms with Crippen molar-refractivity contribution >= 4 is 29.0 Å². The molecule has 4 rings (SSSR count). The first kappa shape index (κ1) is 17.1. The predicted octanol–water partition coefficient (Wildman–Crippen LogP) is 3.63. The second-order valence-corrected chi connectivity index (χ2v) is 7.05. The van der Waals surface area contributed by atoms with Crippen molar-refractivity contribution in [3.05, 3.63) is 87.6 Å². The minimum atomic E-state index is -0.796. The molecule has 0 unspecified atom stereocenters. The van der Waals surface area contributed by atoms with E-state index in [0.717, 1.165) is 5.56 Å². The van der Waals surface area contributed by atoms with Gasteiger partial charge in [-0.15, -0.1) is 11.3 Å². The highest BCUT2D eigenvalue weighted by atomic mass is 32.1. The summed E-state index contributed by atoms with van der Waals surface area (Å²) in [4.78, 5) is 35.9. The maximum atomic E-state index is 13.1. The van der Waals surface area contributed by atoms with Crippen molar-refractivity contribution in [3.63, 3.8) is 0 Å². The molecule has 27 heavy (non-hydrogen) atoms. The summed E-state index contributed by atoms with van der Waals surface area (Å²) in [5, 5.41) is 12.3. The first-order valence-electron chi connectivity index (χ1n) is 8.26. The monoisotopic (exact) mass is 377 g/mol. The van der Waals surface area contributed by atoms with Gasteiger partial charge in [-0.05, 0) is 30.0 Å². The molecule has 1 aromatic carbocycles. The van der Waals surface area contributed by atoms with Crippen molar-refractivity contribution in [2.45, 2.75) is 13.0 Å². The molecule has 2 aromatic heterocycles. The van der Waals surface area contributed by atoms with Crippen LogP contribution in [0.25, 0.3) is 0 Å². The molecule has 7 heteroatoms. The number of hydrogen-bond donors (Lipinski definition) is 1. The van der Waals surface area contributed by atoms with Gasteiger partial charge >= 0.3 is 0 Å². The summed E-state index contributed by atoms with van der Waals surface area (Å²) in [5.41, 5.74) is 1.79. The minimum absolute atomic E-state index is 0.0405. The molecule has 1 amide bonds. The Hall–Kier alpha value is -3.32. The third-order valence-electron chi connectivity index (χ3n) is 4.36. The van der Waals surface area contributed by atoms with E-state index in [2.05, 4.69) is 9.97 Å². The number of nitrogens with zero attached hydrogens (tertiary/aromatic N) is 3. The second-order valence-electron chi connectivity index (χ2n) is 6.11. The predicted molar refractivity (Wildman–Crippen MR) is 102 cm³/mol. The Morgan fingerprint density at radius 1 is 1.11 bits per heavy atom. The number of aliphatic hydroxyl groups excluding tert-OH is 1. The Kier molecular flexibility index (Phi) is 4.29. The number of aryl methyl sites for hydroxylation is 1. The molecule has 0 aliphatic carbocycles. The van der Waals surface area contributed by atoms with Gasteiger partial charge in [-0.25, -0.2) is 9.97 Å². The molecule has 1 aliphatic heterocycles. The summed E-state index contributed by atoms with van der Waals surface area (Å²) in [6.45, 7) is 1.95. The fraction of sp³-hybridized carbons (Fsp3) is 0.100. The molecule has 6 nitrogen and oxygen atoms in total. The van der Waals surface area contributed by atoms with Crippen LogP contribution in [0, 0.1) is 6.92 Å². The molecule has 0 saturated heterocycles. The first-order valence-corrected chi connectivity index (χ1v) is 9.14. The Balaban J connectivity index is 1.88. The second kappa shape index (κ2) is 6.77. The molecule has 1 atom stereocenters. The molecule has 0 saturated carbocycles. The van der Waals surface area contributed by atoms with Crippen LogP contribution in [0.4, 0.5) is 5.95 Å². The van der Waals surface area contributed by atoms with Crippen LogP contribution >= 0.6 is 11.3 Å². The van der Waals surface area contributed by atoms with Gasteiger partial charge in [0.2, 0.25) is 11.7 Å². The van der Waals surface area contributed by atoms with E-state index in [4.69, 9.17) is 0 Å². The molecule has 1 aliphatic rings. The summed E-state index contributed by atoms with van der Waals surface area (Å²) >= 11 is 1.26. The van der Waals surface area contributed by atoms with E-state index in [-0.39, 0.29) is 17.3 Å². The van der Waals surface area contributed by atoms with Gasteiger partial charge in [-0.2, -0.15) is 0 Å². The number of thiophene rings is 1. The van der Waals surface area contributed by atoms with Crippen LogP contribution in [-0.2, 0) is 4.79 Å². The van der Waals surface area contributed by atoms with Crippen LogP contribution in [0.2, 0.25) is 0 Å². The van der Waals surface area contributed by atoms with E-state index in [1.54, 1.807) is 23.6 Å². The zero-order chi connectivity index (χ0) is 19.0. The molecule has 0 bridgehead atoms. The summed E-state index contributed by atoms with van der Waals surface area (Å²) in [6, 6.07) is 11.7. The van der Waals surface area contributed by atoms with Gasteiger partial charge < -0.3 is 5.11 Å². The number of anilines is 1. The van der Waals surface area contributed by atoms with E-state index >= 15 is 0 Å². The molecule has 0 spiro atoms. The lowest BCUT2D eigenvalue weighted by Gasteiger charge is -2.24. The van der Waals surface area contributed by atoms with E-state index in [1.165, 1.54) is 28.6 Å². The van der Waals surface area contributed by atoms with Crippen LogP contribution < -0.4 is 4.90 Å². The van der Waals surface area contributed by atoms with Gasteiger partial charge in [-0.3, -0.25) is 14.5 Å². The largest absolute Gasteiger partial charge is 0.503 e. The first-order chi connectivity index (χ1) is 13.1. The van der Waals surface area contributed by atoms with Gasteiger partial charge in [0.15, 0.2) is 5.76 Å². The third kappa shape index (κ3) is 2.92. The maximum Gasteiger partial charge on any atom is 0.296 e. The quantitative estimate of drug-likeness (QED) is 0.702. The molecule has 0 radical (unpaired) electrons. The number of amides is 1. The normalized spacial score (nSPS) is 16.9. The fourth-order valence-electron chi connectivity index (χ4n) is 3.06. The summed E-state index contributed by atoms with van der Waals surface area (Å²) in [7, 11) is 0. The fourth-order valence-corrected chi connectivity index (χ4v) is 3.74. The highest BCUT2D eigenvalue weighted by molar-refractivity contribution is 7.12. The van der Waals surface area contributed by atoms with E-state index in [9.17, 15) is 14.7 Å². The number of aromatic nitrogens is 2. The molecule has 1 N–H and O–H groups in total. The molecule has 3 heterocycles. The van der Waals surface area contributed by atoms with Crippen LogP contribution in [0.15, 0.2) is 71.6 Å². The standard InChI is InChI=1S/C20H15N3O3S/c1-12-5-7-13(8-6-12)16-15(17(24)14-4-2-11-27-14)18(25)19(26)23(16)20-21-9-3-10-22-20/h2-11,16,25H,1H3/t16-/m1/s1. The molecule has 134 valence electrons. The number of carbonyl (C=O) groups is 2. The number of hydrogen-bond acceptors (Lipinski definition) is 6. The lowest BCUT2D eigenvalue weighted by Crippen LogP contribution is -2.32. The van der Waals surface area contributed by atoms with Crippen molar-refractivity contribution in [1.82, 2.24) is 9.97 Å². The van der Waals surface area contributed by atoms with E-state index in [0.29, 0.717) is 10.4 Å². The Morgan fingerprint density at radius 2 is 1.81 bits per heavy atom. The average Bonchev–Trinajstić information content (AvgIpc) is 3.31. The number of ketones is 1. The van der Waals surface area contributed by atoms with Gasteiger partial charge in [0, 0.05) is 12.4 Å². The summed E-state index contributed by atoms with van der Waals surface area (Å²) in [5.74, 6) is -1.49. The van der Waals surface area contributed by atoms with Crippen molar-refractivity contribution in [2.75, 3.05) is 4.90 Å². The van der Waals surface area contributed by atoms with Crippen LogP contribution in [0.1, 0.15) is 26.8 Å². The third-order valence-corrected chi connectivity index (χ3v) is 5.23. The van der Waals surface area contributed by atoms with Gasteiger partial charge in [-0.1, -0.05) is 35.9 Å². The summed E-state index contributed by atoms with van der Waals surface area (Å²) < 4.78 is 0. The van der Waals surface area contributed by atoms with Crippen LogP contribution in [0.3, 0.4) is 0 Å². The number of Topliss-reactive ketones (excluding diaryl/α,β-unsaturated/α-hetero) is 1. The van der Waals surface area contributed by atoms with Crippen molar-refractivity contribution in [3.8, 4) is 0 Å². The van der Waals surface area contributed by atoms with Crippen molar-refractivity contribution < 1.29 is 14.7 Å². The van der Waals surface area contributed by atoms with Gasteiger partial charge in [0.25, 0.3) is 5.91 Å². The topological polar surface area (TPSA) is 83.4 Å².